The Bertz CT molecular complexity index is 529. The maximum Gasteiger partial charge on any atom is 0.241 e. The second kappa shape index (κ2) is 7.22. The first kappa shape index (κ1) is 16.2. The van der Waals surface area contributed by atoms with Crippen LogP contribution in [0.2, 0.25) is 0 Å². The molecule has 4 N–H and O–H groups in total. The van der Waals surface area contributed by atoms with E-state index in [9.17, 15) is 9.59 Å². The summed E-state index contributed by atoms with van der Waals surface area (Å²) in [6.45, 7) is 5.70. The number of carbonyl (C=O) groups excluding carboxylic acids is 2. The standard InChI is InChI=1S/C15H23N5O2/c1-10(2)7-12(16)15(22)19-11-3-4-13(18-8-11)20-6-5-17-14(21)9-20/h3-4,8,10,12H,5-7,9,16H2,1-2H3,(H,17,21)(H,19,22)/t12-/m0/s1. The maximum atomic E-state index is 12.0. The summed E-state index contributed by atoms with van der Waals surface area (Å²) in [6, 6.07) is 3.04. The summed E-state index contributed by atoms with van der Waals surface area (Å²) in [5.74, 6) is 0.872. The highest BCUT2D eigenvalue weighted by atomic mass is 16.2. The van der Waals surface area contributed by atoms with Gasteiger partial charge in [0, 0.05) is 13.1 Å². The third kappa shape index (κ3) is 4.42. The third-order valence-electron chi connectivity index (χ3n) is 3.44. The molecule has 7 heteroatoms. The van der Waals surface area contributed by atoms with Crippen LogP contribution >= 0.6 is 0 Å². The molecule has 0 aliphatic carbocycles. The SMILES string of the molecule is CC(C)C[C@H](N)C(=O)Nc1ccc(N2CCNC(=O)C2)nc1. The van der Waals surface area contributed by atoms with Gasteiger partial charge >= 0.3 is 0 Å². The van der Waals surface area contributed by atoms with Crippen molar-refractivity contribution >= 4 is 23.3 Å². The number of hydrogen-bond donors (Lipinski definition) is 3. The summed E-state index contributed by atoms with van der Waals surface area (Å²) >= 11 is 0. The Morgan fingerprint density at radius 2 is 2.27 bits per heavy atom. The Morgan fingerprint density at radius 1 is 1.50 bits per heavy atom. The fourth-order valence-electron chi connectivity index (χ4n) is 2.33. The van der Waals surface area contributed by atoms with Crippen LogP contribution in [0, 0.1) is 5.92 Å². The number of aromatic nitrogens is 1. The first-order valence-electron chi connectivity index (χ1n) is 7.50. The van der Waals surface area contributed by atoms with E-state index in [1.165, 1.54) is 0 Å². The lowest BCUT2D eigenvalue weighted by Gasteiger charge is -2.27. The van der Waals surface area contributed by atoms with Gasteiger partial charge in [0.1, 0.15) is 5.82 Å². The van der Waals surface area contributed by atoms with E-state index in [-0.39, 0.29) is 11.8 Å². The van der Waals surface area contributed by atoms with Crippen LogP contribution in [-0.4, -0.2) is 42.5 Å². The summed E-state index contributed by atoms with van der Waals surface area (Å²) in [6.07, 6.45) is 2.22. The number of piperazine rings is 1. The van der Waals surface area contributed by atoms with Gasteiger partial charge in [0.15, 0.2) is 0 Å². The van der Waals surface area contributed by atoms with E-state index in [1.54, 1.807) is 18.3 Å². The largest absolute Gasteiger partial charge is 0.353 e. The molecule has 2 heterocycles. The lowest BCUT2D eigenvalue weighted by molar-refractivity contribution is -0.120. The molecule has 0 aromatic carbocycles. The zero-order valence-electron chi connectivity index (χ0n) is 13.0. The van der Waals surface area contributed by atoms with Crippen LogP contribution in [0.15, 0.2) is 18.3 Å². The van der Waals surface area contributed by atoms with Crippen molar-refractivity contribution < 1.29 is 9.59 Å². The Morgan fingerprint density at radius 3 is 2.86 bits per heavy atom. The van der Waals surface area contributed by atoms with Crippen molar-refractivity contribution in [2.24, 2.45) is 11.7 Å². The zero-order valence-corrected chi connectivity index (χ0v) is 13.0. The van der Waals surface area contributed by atoms with Crippen LogP contribution in [0.5, 0.6) is 0 Å². The molecule has 0 bridgehead atoms. The minimum atomic E-state index is -0.523. The molecule has 1 saturated heterocycles. The van der Waals surface area contributed by atoms with Crippen molar-refractivity contribution in [3.8, 4) is 0 Å². The van der Waals surface area contributed by atoms with Crippen LogP contribution < -0.4 is 21.3 Å². The predicted molar refractivity (Wildman–Crippen MR) is 85.5 cm³/mol. The number of nitrogens with zero attached hydrogens (tertiary/aromatic N) is 2. The van der Waals surface area contributed by atoms with Crippen molar-refractivity contribution in [3.63, 3.8) is 0 Å². The molecule has 1 atom stereocenters. The van der Waals surface area contributed by atoms with E-state index in [0.29, 0.717) is 31.1 Å². The minimum absolute atomic E-state index is 0.00918. The number of amides is 2. The number of carbonyl (C=O) groups is 2. The van der Waals surface area contributed by atoms with Gasteiger partial charge in [-0.05, 0) is 24.5 Å². The molecular weight excluding hydrogens is 282 g/mol. The second-order valence-corrected chi connectivity index (χ2v) is 5.90. The summed E-state index contributed by atoms with van der Waals surface area (Å²) in [5.41, 5.74) is 6.45. The molecule has 22 heavy (non-hydrogen) atoms. The highest BCUT2D eigenvalue weighted by Gasteiger charge is 2.18. The van der Waals surface area contributed by atoms with Gasteiger partial charge in [-0.25, -0.2) is 4.98 Å². The molecule has 1 aliphatic heterocycles. The van der Waals surface area contributed by atoms with E-state index in [2.05, 4.69) is 15.6 Å². The number of nitrogens with one attached hydrogen (secondary N) is 2. The lowest BCUT2D eigenvalue weighted by atomic mass is 10.0. The monoisotopic (exact) mass is 305 g/mol. The fraction of sp³-hybridized carbons (Fsp3) is 0.533. The number of nitrogens with two attached hydrogens (primary N) is 1. The fourth-order valence-corrected chi connectivity index (χ4v) is 2.33. The van der Waals surface area contributed by atoms with Crippen LogP contribution in [0.1, 0.15) is 20.3 Å². The zero-order chi connectivity index (χ0) is 16.1. The summed E-state index contributed by atoms with van der Waals surface area (Å²) in [7, 11) is 0. The van der Waals surface area contributed by atoms with E-state index in [1.807, 2.05) is 18.7 Å². The Kier molecular flexibility index (Phi) is 5.32. The molecule has 0 saturated carbocycles. The van der Waals surface area contributed by atoms with E-state index in [0.717, 1.165) is 12.4 Å². The topological polar surface area (TPSA) is 100 Å². The van der Waals surface area contributed by atoms with Crippen molar-refractivity contribution in [2.75, 3.05) is 29.9 Å². The van der Waals surface area contributed by atoms with Gasteiger partial charge in [-0.3, -0.25) is 9.59 Å². The molecule has 1 aromatic rings. The highest BCUT2D eigenvalue weighted by Crippen LogP contribution is 2.15. The van der Waals surface area contributed by atoms with Gasteiger partial charge in [-0.2, -0.15) is 0 Å². The molecule has 1 aromatic heterocycles. The number of anilines is 2. The van der Waals surface area contributed by atoms with Crippen LogP contribution in [0.3, 0.4) is 0 Å². The molecule has 2 rings (SSSR count). The Labute approximate surface area is 130 Å². The van der Waals surface area contributed by atoms with Gasteiger partial charge in [0.25, 0.3) is 0 Å². The van der Waals surface area contributed by atoms with Crippen LogP contribution in [0.25, 0.3) is 0 Å². The van der Waals surface area contributed by atoms with Gasteiger partial charge in [0.05, 0.1) is 24.5 Å². The molecule has 0 spiro atoms. The van der Waals surface area contributed by atoms with Crippen molar-refractivity contribution in [2.45, 2.75) is 26.3 Å². The summed E-state index contributed by atoms with van der Waals surface area (Å²) in [5, 5.41) is 5.53. The highest BCUT2D eigenvalue weighted by molar-refractivity contribution is 5.94. The number of rotatable bonds is 5. The van der Waals surface area contributed by atoms with Crippen LogP contribution in [0.4, 0.5) is 11.5 Å². The minimum Gasteiger partial charge on any atom is -0.353 e. The molecule has 7 nitrogen and oxygen atoms in total. The Hall–Kier alpha value is -2.15. The lowest BCUT2D eigenvalue weighted by Crippen LogP contribution is -2.48. The molecule has 1 aliphatic rings. The van der Waals surface area contributed by atoms with E-state index in [4.69, 9.17) is 5.73 Å². The van der Waals surface area contributed by atoms with Gasteiger partial charge in [-0.15, -0.1) is 0 Å². The second-order valence-electron chi connectivity index (χ2n) is 5.90. The van der Waals surface area contributed by atoms with Gasteiger partial charge in [-0.1, -0.05) is 13.8 Å². The van der Waals surface area contributed by atoms with E-state index >= 15 is 0 Å². The number of pyridine rings is 1. The molecule has 120 valence electrons. The molecular formula is C15H23N5O2. The normalized spacial score (nSPS) is 16.4. The summed E-state index contributed by atoms with van der Waals surface area (Å²) < 4.78 is 0. The molecule has 2 amide bonds. The number of hydrogen-bond acceptors (Lipinski definition) is 5. The molecule has 0 radical (unpaired) electrons. The smallest absolute Gasteiger partial charge is 0.241 e. The predicted octanol–water partition coefficient (Wildman–Crippen LogP) is 0.330. The third-order valence-corrected chi connectivity index (χ3v) is 3.44. The average Bonchev–Trinajstić information content (AvgIpc) is 2.47. The van der Waals surface area contributed by atoms with E-state index < -0.39 is 6.04 Å². The maximum absolute atomic E-state index is 12.0. The first-order chi connectivity index (χ1) is 10.5. The van der Waals surface area contributed by atoms with Crippen molar-refractivity contribution in [3.05, 3.63) is 18.3 Å². The first-order valence-corrected chi connectivity index (χ1v) is 7.50. The molecule has 0 unspecified atom stereocenters. The van der Waals surface area contributed by atoms with Crippen LogP contribution in [-0.2, 0) is 9.59 Å². The van der Waals surface area contributed by atoms with Gasteiger partial charge in [0.2, 0.25) is 11.8 Å². The molecule has 1 fully saturated rings. The quantitative estimate of drug-likeness (QED) is 0.728. The Balaban J connectivity index is 1.94. The van der Waals surface area contributed by atoms with Crippen molar-refractivity contribution in [1.82, 2.24) is 10.3 Å². The van der Waals surface area contributed by atoms with Gasteiger partial charge < -0.3 is 21.3 Å². The summed E-state index contributed by atoms with van der Waals surface area (Å²) in [4.78, 5) is 29.5. The average molecular weight is 305 g/mol. The van der Waals surface area contributed by atoms with Crippen molar-refractivity contribution in [1.29, 1.82) is 0 Å².